The van der Waals surface area contributed by atoms with Gasteiger partial charge in [-0.3, -0.25) is 0 Å². The predicted molar refractivity (Wildman–Crippen MR) is 79.2 cm³/mol. The summed E-state index contributed by atoms with van der Waals surface area (Å²) < 4.78 is 13.5. The lowest BCUT2D eigenvalue weighted by atomic mass is 10.0. The van der Waals surface area contributed by atoms with Gasteiger partial charge in [0.1, 0.15) is 5.82 Å². The number of nitrogens with zero attached hydrogens (tertiary/aromatic N) is 1. The highest BCUT2D eigenvalue weighted by Crippen LogP contribution is 2.18. The van der Waals surface area contributed by atoms with E-state index in [4.69, 9.17) is 0 Å². The molecule has 108 valence electrons. The molecule has 0 spiro atoms. The summed E-state index contributed by atoms with van der Waals surface area (Å²) in [4.78, 5) is 14.0. The Morgan fingerprint density at radius 2 is 1.81 bits per heavy atom. The van der Waals surface area contributed by atoms with Crippen LogP contribution in [-0.2, 0) is 19.5 Å². The molecule has 0 saturated carbocycles. The number of hydrogen-bond donors (Lipinski definition) is 1. The monoisotopic (exact) mass is 284 g/mol. The predicted octanol–water partition coefficient (Wildman–Crippen LogP) is 3.09. The van der Waals surface area contributed by atoms with E-state index in [0.717, 1.165) is 6.42 Å². The van der Waals surface area contributed by atoms with Crippen molar-refractivity contribution in [1.82, 2.24) is 10.2 Å². The van der Waals surface area contributed by atoms with Crippen molar-refractivity contribution in [1.29, 1.82) is 0 Å². The van der Waals surface area contributed by atoms with Crippen molar-refractivity contribution in [2.24, 2.45) is 0 Å². The zero-order valence-corrected chi connectivity index (χ0v) is 11.7. The second-order valence-corrected chi connectivity index (χ2v) is 5.19. The maximum Gasteiger partial charge on any atom is 0.317 e. The molecule has 0 fully saturated rings. The quantitative estimate of drug-likeness (QED) is 0.903. The van der Waals surface area contributed by atoms with Crippen LogP contribution in [0.25, 0.3) is 0 Å². The molecule has 0 atom stereocenters. The maximum atomic E-state index is 13.5. The van der Waals surface area contributed by atoms with E-state index in [1.54, 1.807) is 23.1 Å². The number of benzene rings is 2. The van der Waals surface area contributed by atoms with Gasteiger partial charge < -0.3 is 10.2 Å². The minimum absolute atomic E-state index is 0.146. The molecule has 4 heteroatoms. The van der Waals surface area contributed by atoms with E-state index in [0.29, 0.717) is 18.7 Å². The average molecular weight is 284 g/mol. The Morgan fingerprint density at radius 1 is 1.10 bits per heavy atom. The molecule has 0 aliphatic carbocycles. The Labute approximate surface area is 123 Å². The van der Waals surface area contributed by atoms with Crippen molar-refractivity contribution in [2.45, 2.75) is 19.5 Å². The van der Waals surface area contributed by atoms with E-state index in [1.165, 1.54) is 17.2 Å². The molecule has 1 N–H and O–H groups in total. The summed E-state index contributed by atoms with van der Waals surface area (Å²) in [6.07, 6.45) is 0.864. The highest BCUT2D eigenvalue weighted by Gasteiger charge is 2.20. The molecule has 0 aromatic heterocycles. The summed E-state index contributed by atoms with van der Waals surface area (Å²) in [5, 5.41) is 2.79. The van der Waals surface area contributed by atoms with Crippen LogP contribution >= 0.6 is 0 Å². The minimum atomic E-state index is -0.290. The van der Waals surface area contributed by atoms with Crippen LogP contribution in [0.15, 0.2) is 48.5 Å². The van der Waals surface area contributed by atoms with Crippen molar-refractivity contribution in [2.75, 3.05) is 6.54 Å². The fourth-order valence-corrected chi connectivity index (χ4v) is 2.59. The summed E-state index contributed by atoms with van der Waals surface area (Å²) >= 11 is 0. The number of carbonyl (C=O) groups is 1. The van der Waals surface area contributed by atoms with Gasteiger partial charge in [-0.25, -0.2) is 9.18 Å². The van der Waals surface area contributed by atoms with Crippen molar-refractivity contribution in [3.63, 3.8) is 0 Å². The summed E-state index contributed by atoms with van der Waals surface area (Å²) in [5.41, 5.74) is 2.99. The second-order valence-electron chi connectivity index (χ2n) is 5.19. The van der Waals surface area contributed by atoms with Gasteiger partial charge in [0.25, 0.3) is 0 Å². The Bertz CT molecular complexity index is 657. The van der Waals surface area contributed by atoms with Crippen LogP contribution in [0.1, 0.15) is 16.7 Å². The fraction of sp³-hybridized carbons (Fsp3) is 0.235. The van der Waals surface area contributed by atoms with E-state index >= 15 is 0 Å². The number of urea groups is 1. The first-order valence-electron chi connectivity index (χ1n) is 7.07. The van der Waals surface area contributed by atoms with Crippen LogP contribution in [0, 0.1) is 5.82 Å². The molecular formula is C17H17FN2O. The van der Waals surface area contributed by atoms with Crippen molar-refractivity contribution in [3.05, 3.63) is 71.0 Å². The van der Waals surface area contributed by atoms with Crippen LogP contribution in [0.5, 0.6) is 0 Å². The standard InChI is InChI=1S/C17H17FN2O/c18-16-8-4-3-6-14(16)11-19-17(21)20-10-9-13-5-1-2-7-15(13)12-20/h1-8H,9-12H2,(H,19,21). The Hall–Kier alpha value is -2.36. The first-order valence-corrected chi connectivity index (χ1v) is 7.07. The first-order chi connectivity index (χ1) is 10.2. The minimum Gasteiger partial charge on any atom is -0.334 e. The molecule has 0 saturated heterocycles. The van der Waals surface area contributed by atoms with Gasteiger partial charge in [-0.2, -0.15) is 0 Å². The third-order valence-corrected chi connectivity index (χ3v) is 3.81. The second kappa shape index (κ2) is 5.95. The number of carbonyl (C=O) groups excluding carboxylic acids is 1. The van der Waals surface area contributed by atoms with Gasteiger partial charge in [0.05, 0.1) is 0 Å². The number of hydrogen-bond acceptors (Lipinski definition) is 1. The zero-order chi connectivity index (χ0) is 14.7. The smallest absolute Gasteiger partial charge is 0.317 e. The molecule has 1 heterocycles. The van der Waals surface area contributed by atoms with Crippen molar-refractivity contribution >= 4 is 6.03 Å². The molecule has 0 radical (unpaired) electrons. The van der Waals surface area contributed by atoms with Crippen LogP contribution in [-0.4, -0.2) is 17.5 Å². The lowest BCUT2D eigenvalue weighted by molar-refractivity contribution is 0.192. The Kier molecular flexibility index (Phi) is 3.86. The molecule has 1 aliphatic rings. The van der Waals surface area contributed by atoms with Crippen molar-refractivity contribution in [3.8, 4) is 0 Å². The lowest BCUT2D eigenvalue weighted by Gasteiger charge is -2.29. The maximum absolute atomic E-state index is 13.5. The van der Waals surface area contributed by atoms with Gasteiger partial charge in [-0.1, -0.05) is 42.5 Å². The number of nitrogens with one attached hydrogen (secondary N) is 1. The molecule has 2 aromatic rings. The molecule has 2 aromatic carbocycles. The van der Waals surface area contributed by atoms with E-state index in [1.807, 2.05) is 18.2 Å². The SMILES string of the molecule is O=C(NCc1ccccc1F)N1CCc2ccccc2C1. The highest BCUT2D eigenvalue weighted by atomic mass is 19.1. The van der Waals surface area contributed by atoms with Crippen LogP contribution < -0.4 is 5.32 Å². The number of fused-ring (bicyclic) bond motifs is 1. The molecule has 0 bridgehead atoms. The zero-order valence-electron chi connectivity index (χ0n) is 11.7. The summed E-state index contributed by atoms with van der Waals surface area (Å²) in [5.74, 6) is -0.290. The van der Waals surface area contributed by atoms with Crippen LogP contribution in [0.4, 0.5) is 9.18 Å². The first kappa shape index (κ1) is 13.6. The summed E-state index contributed by atoms with van der Waals surface area (Å²) in [7, 11) is 0. The van der Waals surface area contributed by atoms with Gasteiger partial charge >= 0.3 is 6.03 Å². The summed E-state index contributed by atoms with van der Waals surface area (Å²) in [6.45, 7) is 1.52. The van der Waals surface area contributed by atoms with Crippen LogP contribution in [0.3, 0.4) is 0 Å². The third-order valence-electron chi connectivity index (χ3n) is 3.81. The van der Waals surface area contributed by atoms with E-state index in [-0.39, 0.29) is 18.4 Å². The van der Waals surface area contributed by atoms with Crippen molar-refractivity contribution < 1.29 is 9.18 Å². The van der Waals surface area contributed by atoms with E-state index < -0.39 is 0 Å². The summed E-state index contributed by atoms with van der Waals surface area (Å²) in [6, 6.07) is 14.5. The number of amides is 2. The fourth-order valence-electron chi connectivity index (χ4n) is 2.59. The van der Waals surface area contributed by atoms with Gasteiger partial charge in [0.2, 0.25) is 0 Å². The lowest BCUT2D eigenvalue weighted by Crippen LogP contribution is -2.42. The Morgan fingerprint density at radius 3 is 2.62 bits per heavy atom. The molecule has 3 nitrogen and oxygen atoms in total. The van der Waals surface area contributed by atoms with Gasteiger partial charge in [-0.15, -0.1) is 0 Å². The molecule has 1 aliphatic heterocycles. The normalized spacial score (nSPS) is 13.7. The topological polar surface area (TPSA) is 32.3 Å². The average Bonchev–Trinajstić information content (AvgIpc) is 2.53. The largest absolute Gasteiger partial charge is 0.334 e. The van der Waals surface area contributed by atoms with Gasteiger partial charge in [0, 0.05) is 25.2 Å². The molecule has 2 amide bonds. The molecule has 3 rings (SSSR count). The van der Waals surface area contributed by atoms with E-state index in [2.05, 4.69) is 11.4 Å². The van der Waals surface area contributed by atoms with Crippen LogP contribution in [0.2, 0.25) is 0 Å². The van der Waals surface area contributed by atoms with Gasteiger partial charge in [-0.05, 0) is 23.6 Å². The van der Waals surface area contributed by atoms with Gasteiger partial charge in [0.15, 0.2) is 0 Å². The number of halogens is 1. The van der Waals surface area contributed by atoms with E-state index in [9.17, 15) is 9.18 Å². The molecule has 21 heavy (non-hydrogen) atoms. The third kappa shape index (κ3) is 3.05. The highest BCUT2D eigenvalue weighted by molar-refractivity contribution is 5.74. The molecular weight excluding hydrogens is 267 g/mol. The number of rotatable bonds is 2. The Balaban J connectivity index is 1.61. The molecule has 0 unspecified atom stereocenters.